The number of rotatable bonds is 5. The first-order chi connectivity index (χ1) is 12.5. The molecule has 2 atom stereocenters. The van der Waals surface area contributed by atoms with E-state index in [4.69, 9.17) is 27.9 Å². The fourth-order valence-corrected chi connectivity index (χ4v) is 3.74. The highest BCUT2D eigenvalue weighted by Gasteiger charge is 2.31. The summed E-state index contributed by atoms with van der Waals surface area (Å²) in [5.74, 6) is -0.562. The Morgan fingerprint density at radius 2 is 1.78 bits per heavy atom. The molecule has 0 spiro atoms. The van der Waals surface area contributed by atoms with Gasteiger partial charge < -0.3 is 9.47 Å². The van der Waals surface area contributed by atoms with E-state index in [-0.39, 0.29) is 26.4 Å². The van der Waals surface area contributed by atoms with Crippen molar-refractivity contribution in [3.8, 4) is 11.5 Å². The number of carbonyl (C=O) groups is 1. The zero-order chi connectivity index (χ0) is 20.4. The summed E-state index contributed by atoms with van der Waals surface area (Å²) < 4.78 is 60.6. The molecule has 27 heavy (non-hydrogen) atoms. The summed E-state index contributed by atoms with van der Waals surface area (Å²) in [6, 6.07) is 6.80. The van der Waals surface area contributed by atoms with Crippen molar-refractivity contribution >= 4 is 40.0 Å². The number of ether oxygens (including phenoxy) is 2. The van der Waals surface area contributed by atoms with Crippen LogP contribution in [0.4, 0.5) is 13.2 Å². The summed E-state index contributed by atoms with van der Waals surface area (Å²) in [5.41, 5.74) is -0.912. The van der Waals surface area contributed by atoms with Crippen molar-refractivity contribution < 1.29 is 31.6 Å². The molecule has 4 nitrogen and oxygen atoms in total. The first kappa shape index (κ1) is 21.5. The van der Waals surface area contributed by atoms with Gasteiger partial charge in [-0.3, -0.25) is 9.00 Å². The number of alkyl halides is 3. The number of benzene rings is 2. The lowest BCUT2D eigenvalue weighted by Crippen LogP contribution is -2.24. The topological polar surface area (TPSA) is 52.6 Å². The van der Waals surface area contributed by atoms with Gasteiger partial charge in [0.15, 0.2) is 0 Å². The van der Waals surface area contributed by atoms with Crippen molar-refractivity contribution in [2.24, 2.45) is 0 Å². The van der Waals surface area contributed by atoms with E-state index in [1.807, 2.05) is 0 Å². The highest BCUT2D eigenvalue weighted by molar-refractivity contribution is 7.86. The van der Waals surface area contributed by atoms with E-state index in [0.29, 0.717) is 0 Å². The largest absolute Gasteiger partial charge is 0.468 e. The Morgan fingerprint density at radius 1 is 1.11 bits per heavy atom. The lowest BCUT2D eigenvalue weighted by atomic mass is 10.2. The second-order valence-corrected chi connectivity index (χ2v) is 7.86. The van der Waals surface area contributed by atoms with Gasteiger partial charge >= 0.3 is 12.1 Å². The van der Waals surface area contributed by atoms with Crippen LogP contribution in [0.2, 0.25) is 10.0 Å². The normalized spacial score (nSPS) is 13.7. The van der Waals surface area contributed by atoms with Crippen molar-refractivity contribution in [2.45, 2.75) is 23.2 Å². The van der Waals surface area contributed by atoms with Gasteiger partial charge in [0.1, 0.15) is 16.7 Å². The van der Waals surface area contributed by atoms with Gasteiger partial charge in [0.25, 0.3) is 0 Å². The van der Waals surface area contributed by atoms with E-state index >= 15 is 0 Å². The Kier molecular flexibility index (Phi) is 6.77. The molecule has 146 valence electrons. The molecule has 2 aromatic carbocycles. The number of halogens is 5. The predicted molar refractivity (Wildman–Crippen MR) is 95.9 cm³/mol. The number of hydrogen-bond acceptors (Lipinski definition) is 4. The summed E-state index contributed by atoms with van der Waals surface area (Å²) in [5, 5.41) is -1.09. The van der Waals surface area contributed by atoms with Crippen LogP contribution in [0.1, 0.15) is 12.5 Å². The number of esters is 1. The van der Waals surface area contributed by atoms with Gasteiger partial charge in [-0.1, -0.05) is 23.2 Å². The van der Waals surface area contributed by atoms with Gasteiger partial charge in [-0.05, 0) is 43.3 Å². The number of hydrogen-bond donors (Lipinski definition) is 0. The van der Waals surface area contributed by atoms with E-state index in [0.717, 1.165) is 18.2 Å². The van der Waals surface area contributed by atoms with Crippen LogP contribution in [0.25, 0.3) is 0 Å². The number of methoxy groups -OCH3 is 1. The molecule has 0 amide bonds. The molecule has 0 saturated heterocycles. The van der Waals surface area contributed by atoms with Crippen LogP contribution in [0.5, 0.6) is 11.5 Å². The summed E-state index contributed by atoms with van der Waals surface area (Å²) in [6.45, 7) is 1.42. The van der Waals surface area contributed by atoms with Gasteiger partial charge in [-0.15, -0.1) is 0 Å². The van der Waals surface area contributed by atoms with Gasteiger partial charge in [0.05, 0.1) is 38.4 Å². The first-order valence-corrected chi connectivity index (χ1v) is 9.34. The molecule has 0 aromatic heterocycles. The molecule has 0 radical (unpaired) electrons. The van der Waals surface area contributed by atoms with Crippen molar-refractivity contribution in [1.29, 1.82) is 0 Å². The molecule has 0 saturated carbocycles. The minimum Gasteiger partial charge on any atom is -0.468 e. The van der Waals surface area contributed by atoms with Gasteiger partial charge in [0.2, 0.25) is 0 Å². The van der Waals surface area contributed by atoms with Crippen molar-refractivity contribution in [1.82, 2.24) is 0 Å². The summed E-state index contributed by atoms with van der Waals surface area (Å²) in [4.78, 5) is 11.7. The Bertz CT molecular complexity index is 887. The van der Waals surface area contributed by atoms with E-state index in [9.17, 15) is 22.2 Å². The average Bonchev–Trinajstić information content (AvgIpc) is 2.62. The second kappa shape index (κ2) is 8.50. The third-order valence-corrected chi connectivity index (χ3v) is 5.80. The Balaban J connectivity index is 2.31. The highest BCUT2D eigenvalue weighted by atomic mass is 35.5. The van der Waals surface area contributed by atoms with Crippen molar-refractivity contribution in [2.75, 3.05) is 7.11 Å². The second-order valence-electron chi connectivity index (χ2n) is 5.30. The minimum atomic E-state index is -4.53. The van der Waals surface area contributed by atoms with Gasteiger partial charge in [0, 0.05) is 0 Å². The fourth-order valence-electron chi connectivity index (χ4n) is 2.03. The van der Waals surface area contributed by atoms with E-state index in [1.165, 1.54) is 32.2 Å². The molecule has 10 heteroatoms. The standard InChI is InChI=1S/C17H13Cl2F3O4S/c1-9(16(23)25-2)27(24)15-8-11(4-5-12(15)18)26-14-6-3-10(7-13(14)19)17(20,21)22/h3-9H,1-2H3. The average molecular weight is 441 g/mol. The molecule has 0 fully saturated rings. The molecule has 0 aliphatic rings. The SMILES string of the molecule is COC(=O)C(C)S(=O)c1cc(Oc2ccc(C(F)(F)F)cc2Cl)ccc1Cl. The van der Waals surface area contributed by atoms with Gasteiger partial charge in [-0.2, -0.15) is 13.2 Å². The quantitative estimate of drug-likeness (QED) is 0.578. The molecule has 0 N–H and O–H groups in total. The highest BCUT2D eigenvalue weighted by Crippen LogP contribution is 2.37. The maximum absolute atomic E-state index is 12.7. The summed E-state index contributed by atoms with van der Waals surface area (Å²) in [7, 11) is -0.657. The lowest BCUT2D eigenvalue weighted by molar-refractivity contribution is -0.140. The summed E-state index contributed by atoms with van der Waals surface area (Å²) in [6.07, 6.45) is -4.53. The molecule has 0 aliphatic carbocycles. The molecular weight excluding hydrogens is 428 g/mol. The van der Waals surface area contributed by atoms with E-state index in [2.05, 4.69) is 4.74 Å². The molecule has 2 aromatic rings. The van der Waals surface area contributed by atoms with Crippen LogP contribution < -0.4 is 4.74 Å². The van der Waals surface area contributed by atoms with Crippen LogP contribution >= 0.6 is 23.2 Å². The zero-order valence-corrected chi connectivity index (χ0v) is 16.3. The molecule has 0 aliphatic heterocycles. The monoisotopic (exact) mass is 440 g/mol. The Labute approximate surface area is 165 Å². The number of carbonyl (C=O) groups excluding carboxylic acids is 1. The Hall–Kier alpha value is -1.77. The predicted octanol–water partition coefficient (Wildman–Crippen LogP) is 5.47. The van der Waals surface area contributed by atoms with Crippen LogP contribution in [0.15, 0.2) is 41.3 Å². The van der Waals surface area contributed by atoms with Crippen molar-refractivity contribution in [3.05, 3.63) is 52.0 Å². The van der Waals surface area contributed by atoms with Crippen LogP contribution in [0, 0.1) is 0 Å². The minimum absolute atomic E-state index is 0.0234. The van der Waals surface area contributed by atoms with E-state index < -0.39 is 33.8 Å². The maximum atomic E-state index is 12.7. The molecule has 0 heterocycles. The molecular formula is C17H13Cl2F3O4S. The third-order valence-electron chi connectivity index (χ3n) is 3.46. The summed E-state index contributed by atoms with van der Waals surface area (Å²) >= 11 is 11.9. The van der Waals surface area contributed by atoms with Crippen LogP contribution in [-0.4, -0.2) is 22.5 Å². The molecule has 2 unspecified atom stereocenters. The van der Waals surface area contributed by atoms with Crippen molar-refractivity contribution in [3.63, 3.8) is 0 Å². The van der Waals surface area contributed by atoms with E-state index in [1.54, 1.807) is 0 Å². The smallest absolute Gasteiger partial charge is 0.416 e. The van der Waals surface area contributed by atoms with Crippen LogP contribution in [0.3, 0.4) is 0 Å². The van der Waals surface area contributed by atoms with Crippen LogP contribution in [-0.2, 0) is 26.5 Å². The molecule has 2 rings (SSSR count). The Morgan fingerprint density at radius 3 is 2.33 bits per heavy atom. The fraction of sp³-hybridized carbons (Fsp3) is 0.235. The third kappa shape index (κ3) is 5.15. The lowest BCUT2D eigenvalue weighted by Gasteiger charge is -2.14. The van der Waals surface area contributed by atoms with Gasteiger partial charge in [-0.25, -0.2) is 0 Å². The maximum Gasteiger partial charge on any atom is 0.416 e. The first-order valence-electron chi connectivity index (χ1n) is 7.37. The zero-order valence-electron chi connectivity index (χ0n) is 14.0. The molecule has 0 bridgehead atoms.